The first kappa shape index (κ1) is 23.4. The Bertz CT molecular complexity index is 67.8. The first-order valence-corrected chi connectivity index (χ1v) is 6.05. The molecule has 0 saturated heterocycles. The van der Waals surface area contributed by atoms with Crippen molar-refractivity contribution in [1.82, 2.24) is 0 Å². The monoisotopic (exact) mass is 201 g/mol. The van der Waals surface area contributed by atoms with E-state index in [2.05, 4.69) is 27.7 Å². The molecule has 0 atom stereocenters. The lowest BCUT2D eigenvalue weighted by Crippen LogP contribution is -1.59. The van der Waals surface area contributed by atoms with Gasteiger partial charge in [-0.1, -0.05) is 73.6 Å². The van der Waals surface area contributed by atoms with Gasteiger partial charge >= 0.3 is 0 Å². The van der Waals surface area contributed by atoms with Crippen LogP contribution in [0.4, 0.5) is 0 Å². The van der Waals surface area contributed by atoms with E-state index >= 15 is 0 Å². The third-order valence-corrected chi connectivity index (χ3v) is 1.21. The molecule has 1 nitrogen and oxygen atoms in total. The van der Waals surface area contributed by atoms with Crippen LogP contribution in [-0.2, 0) is 0 Å². The second-order valence-electron chi connectivity index (χ2n) is 2.58. The SMILES string of the molecule is CC.CC#N.CCCC.CCCCC. The van der Waals surface area contributed by atoms with E-state index in [-0.39, 0.29) is 0 Å². The Hall–Kier alpha value is -0.510. The van der Waals surface area contributed by atoms with E-state index in [1.807, 2.05) is 13.8 Å². The molecule has 0 saturated carbocycles. The lowest BCUT2D eigenvalue weighted by Gasteiger charge is -1.79. The summed E-state index contributed by atoms with van der Waals surface area (Å²) in [6.07, 6.45) is 6.72. The van der Waals surface area contributed by atoms with Crippen LogP contribution < -0.4 is 0 Å². The van der Waals surface area contributed by atoms with E-state index in [9.17, 15) is 0 Å². The standard InChI is InChI=1S/C5H12.C4H10.C2H3N.C2H6/c1-3-5-4-2;1-3-4-2;1-2-3;1-2/h3-5H2,1-2H3;3-4H2,1-2H3;1H3;1-2H3. The highest BCUT2D eigenvalue weighted by Crippen LogP contribution is 1.88. The normalized spacial score (nSPS) is 6.14. The zero-order valence-electron chi connectivity index (χ0n) is 11.5. The first-order chi connectivity index (χ1) is 6.74. The predicted molar refractivity (Wildman–Crippen MR) is 68.4 cm³/mol. The van der Waals surface area contributed by atoms with Crippen LogP contribution >= 0.6 is 0 Å². The molecule has 0 unspecified atom stereocenters. The highest BCUT2D eigenvalue weighted by Gasteiger charge is 1.68. The summed E-state index contributed by atoms with van der Waals surface area (Å²) >= 11 is 0. The average Bonchev–Trinajstić information content (AvgIpc) is 2.24. The van der Waals surface area contributed by atoms with Gasteiger partial charge in [-0.05, 0) is 0 Å². The molecule has 0 aromatic carbocycles. The molecule has 0 aliphatic carbocycles. The maximum absolute atomic E-state index is 7.32. The average molecular weight is 201 g/mol. The van der Waals surface area contributed by atoms with Crippen molar-refractivity contribution in [2.45, 2.75) is 80.6 Å². The van der Waals surface area contributed by atoms with Crippen LogP contribution in [0.2, 0.25) is 0 Å². The molecule has 88 valence electrons. The maximum atomic E-state index is 7.32. The molecule has 0 heterocycles. The molecule has 0 aliphatic rings. The highest BCUT2D eigenvalue weighted by molar-refractivity contribution is 4.51. The molecule has 0 aromatic heterocycles. The van der Waals surface area contributed by atoms with Crippen LogP contribution in [0.15, 0.2) is 0 Å². The largest absolute Gasteiger partial charge is 0.199 e. The molecule has 0 N–H and O–H groups in total. The molecule has 0 amide bonds. The molecule has 0 fully saturated rings. The number of unbranched alkanes of at least 4 members (excludes halogenated alkanes) is 3. The molecule has 0 spiro atoms. The van der Waals surface area contributed by atoms with Gasteiger partial charge in [-0.15, -0.1) is 0 Å². The lowest BCUT2D eigenvalue weighted by atomic mass is 10.3. The Labute approximate surface area is 92.5 Å². The van der Waals surface area contributed by atoms with Crippen molar-refractivity contribution in [3.63, 3.8) is 0 Å². The minimum absolute atomic E-state index is 1.32. The van der Waals surface area contributed by atoms with Crippen LogP contribution in [0, 0.1) is 11.3 Å². The van der Waals surface area contributed by atoms with Crippen molar-refractivity contribution in [2.75, 3.05) is 0 Å². The highest BCUT2D eigenvalue weighted by atomic mass is 14.2. The topological polar surface area (TPSA) is 23.8 Å². The van der Waals surface area contributed by atoms with Crippen molar-refractivity contribution in [2.24, 2.45) is 0 Å². The van der Waals surface area contributed by atoms with Gasteiger partial charge in [0.1, 0.15) is 0 Å². The zero-order valence-corrected chi connectivity index (χ0v) is 11.5. The third-order valence-electron chi connectivity index (χ3n) is 1.21. The second-order valence-corrected chi connectivity index (χ2v) is 2.58. The molecule has 0 bridgehead atoms. The van der Waals surface area contributed by atoms with Gasteiger partial charge in [0.2, 0.25) is 0 Å². The van der Waals surface area contributed by atoms with Gasteiger partial charge in [-0.25, -0.2) is 0 Å². The van der Waals surface area contributed by atoms with E-state index in [1.165, 1.54) is 39.0 Å². The van der Waals surface area contributed by atoms with E-state index in [1.54, 1.807) is 6.07 Å². The van der Waals surface area contributed by atoms with Gasteiger partial charge in [-0.2, -0.15) is 5.26 Å². The van der Waals surface area contributed by atoms with E-state index < -0.39 is 0 Å². The van der Waals surface area contributed by atoms with Crippen molar-refractivity contribution in [1.29, 1.82) is 5.26 Å². The number of rotatable bonds is 3. The maximum Gasteiger partial charge on any atom is 0.0587 e. The van der Waals surface area contributed by atoms with Gasteiger partial charge in [0, 0.05) is 6.92 Å². The van der Waals surface area contributed by atoms with Crippen molar-refractivity contribution in [3.05, 3.63) is 0 Å². The van der Waals surface area contributed by atoms with Crippen LogP contribution in [0.25, 0.3) is 0 Å². The molecule has 0 radical (unpaired) electrons. The van der Waals surface area contributed by atoms with Gasteiger partial charge < -0.3 is 0 Å². The molecular weight excluding hydrogens is 170 g/mol. The van der Waals surface area contributed by atoms with Crippen LogP contribution in [0.3, 0.4) is 0 Å². The molecular formula is C13H31N. The van der Waals surface area contributed by atoms with Crippen molar-refractivity contribution in [3.8, 4) is 6.07 Å². The Balaban J connectivity index is -0.0000000505. The molecule has 1 heteroatoms. The predicted octanol–water partition coefficient (Wildman–Crippen LogP) is 5.56. The molecule has 0 aromatic rings. The van der Waals surface area contributed by atoms with E-state index in [4.69, 9.17) is 5.26 Å². The van der Waals surface area contributed by atoms with Crippen molar-refractivity contribution < 1.29 is 0 Å². The van der Waals surface area contributed by atoms with Gasteiger partial charge in [0.15, 0.2) is 0 Å². The second kappa shape index (κ2) is 54.7. The smallest absolute Gasteiger partial charge is 0.0587 e. The molecule has 0 rings (SSSR count). The Morgan fingerprint density at radius 3 is 1.00 bits per heavy atom. The summed E-state index contributed by atoms with van der Waals surface area (Å²) in [6, 6.07) is 1.75. The number of hydrogen-bond acceptors (Lipinski definition) is 1. The summed E-state index contributed by atoms with van der Waals surface area (Å²) in [6.45, 7) is 14.2. The summed E-state index contributed by atoms with van der Waals surface area (Å²) in [7, 11) is 0. The van der Waals surface area contributed by atoms with Crippen LogP contribution in [0.1, 0.15) is 80.6 Å². The Morgan fingerprint density at radius 2 is 1.00 bits per heavy atom. The van der Waals surface area contributed by atoms with Crippen LogP contribution in [-0.4, -0.2) is 0 Å². The summed E-state index contributed by atoms with van der Waals surface area (Å²) < 4.78 is 0. The minimum Gasteiger partial charge on any atom is -0.199 e. The zero-order chi connectivity index (χ0) is 12.2. The molecule has 14 heavy (non-hydrogen) atoms. The van der Waals surface area contributed by atoms with Crippen molar-refractivity contribution >= 4 is 0 Å². The summed E-state index contributed by atoms with van der Waals surface area (Å²) in [4.78, 5) is 0. The third kappa shape index (κ3) is 204. The fourth-order valence-corrected chi connectivity index (χ4v) is 0.354. The number of nitriles is 1. The Morgan fingerprint density at radius 1 is 0.786 bits per heavy atom. The summed E-state index contributed by atoms with van der Waals surface area (Å²) in [5, 5.41) is 7.32. The fraction of sp³-hybridized carbons (Fsp3) is 0.923. The summed E-state index contributed by atoms with van der Waals surface area (Å²) in [5.41, 5.74) is 0. The number of hydrogen-bond donors (Lipinski definition) is 0. The quantitative estimate of drug-likeness (QED) is 0.586. The van der Waals surface area contributed by atoms with Gasteiger partial charge in [0.05, 0.1) is 6.07 Å². The van der Waals surface area contributed by atoms with Gasteiger partial charge in [0.25, 0.3) is 0 Å². The lowest BCUT2D eigenvalue weighted by molar-refractivity contribution is 0.772. The van der Waals surface area contributed by atoms with E-state index in [0.29, 0.717) is 0 Å². The fourth-order valence-electron chi connectivity index (χ4n) is 0.354. The Kier molecular flexibility index (Phi) is 91.3. The van der Waals surface area contributed by atoms with Gasteiger partial charge in [-0.3, -0.25) is 0 Å². The minimum atomic E-state index is 1.32. The molecule has 0 aliphatic heterocycles. The number of nitrogens with zero attached hydrogens (tertiary/aromatic N) is 1. The van der Waals surface area contributed by atoms with Crippen LogP contribution in [0.5, 0.6) is 0 Å². The first-order valence-electron chi connectivity index (χ1n) is 6.05. The summed E-state index contributed by atoms with van der Waals surface area (Å²) in [5.74, 6) is 0. The van der Waals surface area contributed by atoms with E-state index in [0.717, 1.165) is 0 Å².